The van der Waals surface area contributed by atoms with Crippen molar-refractivity contribution in [3.05, 3.63) is 29.3 Å². The van der Waals surface area contributed by atoms with Gasteiger partial charge < -0.3 is 4.90 Å². The Bertz CT molecular complexity index is 451. The van der Waals surface area contributed by atoms with Crippen molar-refractivity contribution < 1.29 is 9.59 Å². The Morgan fingerprint density at radius 1 is 1.31 bits per heavy atom. The van der Waals surface area contributed by atoms with Crippen molar-refractivity contribution in [2.45, 2.75) is 26.2 Å². The van der Waals surface area contributed by atoms with Crippen molar-refractivity contribution in [2.75, 3.05) is 11.9 Å². The molecule has 0 bridgehead atoms. The maximum absolute atomic E-state index is 11.6. The predicted octanol–water partition coefficient (Wildman–Crippen LogP) is 2.19. The number of fused-ring (bicyclic) bond motifs is 1. The summed E-state index contributed by atoms with van der Waals surface area (Å²) in [5.41, 5.74) is 2.76. The largest absolute Gasteiger partial charge is 0.316 e. The normalized spacial score (nSPS) is 14.5. The number of carbonyl (C=O) groups is 2. The van der Waals surface area contributed by atoms with E-state index in [1.54, 1.807) is 11.9 Å². The second kappa shape index (κ2) is 4.08. The van der Waals surface area contributed by atoms with Crippen LogP contribution >= 0.6 is 0 Å². The molecular formula is C13H15NO2. The minimum Gasteiger partial charge on any atom is -0.316 e. The van der Waals surface area contributed by atoms with E-state index in [0.29, 0.717) is 6.42 Å². The molecule has 0 fully saturated rings. The van der Waals surface area contributed by atoms with Crippen LogP contribution in [0.15, 0.2) is 18.2 Å². The molecule has 0 saturated heterocycles. The van der Waals surface area contributed by atoms with Crippen LogP contribution in [0.3, 0.4) is 0 Å². The number of benzene rings is 1. The molecule has 0 atom stereocenters. The first-order valence-electron chi connectivity index (χ1n) is 5.50. The maximum atomic E-state index is 11.6. The van der Waals surface area contributed by atoms with Crippen LogP contribution in [0.25, 0.3) is 0 Å². The van der Waals surface area contributed by atoms with Gasteiger partial charge in [0.1, 0.15) is 0 Å². The molecule has 0 aliphatic heterocycles. The molecule has 0 N–H and O–H groups in total. The highest BCUT2D eigenvalue weighted by Gasteiger charge is 2.18. The van der Waals surface area contributed by atoms with E-state index in [-0.39, 0.29) is 11.7 Å². The van der Waals surface area contributed by atoms with E-state index >= 15 is 0 Å². The molecule has 1 amide bonds. The van der Waals surface area contributed by atoms with Gasteiger partial charge in [0.15, 0.2) is 5.78 Å². The molecule has 3 nitrogen and oxygen atoms in total. The number of anilines is 1. The van der Waals surface area contributed by atoms with Gasteiger partial charge in [0.2, 0.25) is 5.91 Å². The second-order valence-electron chi connectivity index (χ2n) is 4.20. The third kappa shape index (κ3) is 1.85. The molecule has 1 aromatic rings. The van der Waals surface area contributed by atoms with Crippen LogP contribution in [-0.4, -0.2) is 18.7 Å². The third-order valence-electron chi connectivity index (χ3n) is 3.10. The number of ketones is 1. The van der Waals surface area contributed by atoms with Crippen LogP contribution in [0, 0.1) is 0 Å². The molecule has 0 spiro atoms. The minimum absolute atomic E-state index is 0.00193. The number of aryl methyl sites for hydroxylation is 1. The molecule has 1 aliphatic carbocycles. The van der Waals surface area contributed by atoms with Gasteiger partial charge in [-0.15, -0.1) is 0 Å². The summed E-state index contributed by atoms with van der Waals surface area (Å²) in [4.78, 5) is 24.5. The zero-order valence-corrected chi connectivity index (χ0v) is 9.62. The van der Waals surface area contributed by atoms with E-state index in [4.69, 9.17) is 0 Å². The highest BCUT2D eigenvalue weighted by molar-refractivity contribution is 5.99. The molecule has 84 valence electrons. The van der Waals surface area contributed by atoms with Crippen molar-refractivity contribution in [3.8, 4) is 0 Å². The zero-order chi connectivity index (χ0) is 11.7. The standard InChI is InChI=1S/C13H15NO2/c1-9(15)14(2)11-6-7-12-10(8-11)4-3-5-13(12)16/h6-8H,3-5H2,1-2H3. The van der Waals surface area contributed by atoms with Gasteiger partial charge in [0.25, 0.3) is 0 Å². The summed E-state index contributed by atoms with van der Waals surface area (Å²) in [5, 5.41) is 0. The van der Waals surface area contributed by atoms with Crippen LogP contribution in [0.1, 0.15) is 35.7 Å². The van der Waals surface area contributed by atoms with Crippen molar-refractivity contribution in [1.82, 2.24) is 0 Å². The Labute approximate surface area is 95.1 Å². The van der Waals surface area contributed by atoms with Gasteiger partial charge in [-0.3, -0.25) is 9.59 Å². The predicted molar refractivity (Wildman–Crippen MR) is 62.8 cm³/mol. The van der Waals surface area contributed by atoms with Gasteiger partial charge in [0.05, 0.1) is 0 Å². The second-order valence-corrected chi connectivity index (χ2v) is 4.20. The van der Waals surface area contributed by atoms with E-state index in [9.17, 15) is 9.59 Å². The summed E-state index contributed by atoms with van der Waals surface area (Å²) in [6, 6.07) is 5.63. The Morgan fingerprint density at radius 2 is 2.06 bits per heavy atom. The first-order chi connectivity index (χ1) is 7.59. The number of hydrogen-bond acceptors (Lipinski definition) is 2. The average molecular weight is 217 g/mol. The van der Waals surface area contributed by atoms with Gasteiger partial charge >= 0.3 is 0 Å². The van der Waals surface area contributed by atoms with E-state index < -0.39 is 0 Å². The quantitative estimate of drug-likeness (QED) is 0.723. The van der Waals surface area contributed by atoms with Gasteiger partial charge in [0, 0.05) is 31.6 Å². The third-order valence-corrected chi connectivity index (χ3v) is 3.10. The topological polar surface area (TPSA) is 37.4 Å². The van der Waals surface area contributed by atoms with E-state index in [1.165, 1.54) is 6.92 Å². The van der Waals surface area contributed by atoms with Crippen molar-refractivity contribution in [2.24, 2.45) is 0 Å². The summed E-state index contributed by atoms with van der Waals surface area (Å²) < 4.78 is 0. The fourth-order valence-corrected chi connectivity index (χ4v) is 2.02. The Balaban J connectivity index is 2.39. The number of Topliss-reactive ketones (excluding diaryl/α,β-unsaturated/α-hetero) is 1. The van der Waals surface area contributed by atoms with E-state index in [2.05, 4.69) is 0 Å². The van der Waals surface area contributed by atoms with Crippen molar-refractivity contribution in [3.63, 3.8) is 0 Å². The molecule has 16 heavy (non-hydrogen) atoms. The number of hydrogen-bond donors (Lipinski definition) is 0. The van der Waals surface area contributed by atoms with Crippen molar-refractivity contribution in [1.29, 1.82) is 0 Å². The van der Waals surface area contributed by atoms with Crippen LogP contribution in [-0.2, 0) is 11.2 Å². The lowest BCUT2D eigenvalue weighted by molar-refractivity contribution is -0.116. The number of nitrogens with zero attached hydrogens (tertiary/aromatic N) is 1. The van der Waals surface area contributed by atoms with Crippen molar-refractivity contribution >= 4 is 17.4 Å². The van der Waals surface area contributed by atoms with Crippen LogP contribution in [0.4, 0.5) is 5.69 Å². The Morgan fingerprint density at radius 3 is 2.75 bits per heavy atom. The molecular weight excluding hydrogens is 202 g/mol. The average Bonchev–Trinajstić information content (AvgIpc) is 2.28. The number of amides is 1. The van der Waals surface area contributed by atoms with Crippen LogP contribution < -0.4 is 4.90 Å². The molecule has 0 aromatic heterocycles. The summed E-state index contributed by atoms with van der Waals surface area (Å²) in [6.45, 7) is 1.53. The smallest absolute Gasteiger partial charge is 0.223 e. The van der Waals surface area contributed by atoms with Gasteiger partial charge in [-0.2, -0.15) is 0 Å². The lowest BCUT2D eigenvalue weighted by Gasteiger charge is -2.20. The molecule has 0 unspecified atom stereocenters. The van der Waals surface area contributed by atoms with Crippen LogP contribution in [0.2, 0.25) is 0 Å². The van der Waals surface area contributed by atoms with E-state index in [1.807, 2.05) is 18.2 Å². The molecule has 1 aromatic carbocycles. The summed E-state index contributed by atoms with van der Waals surface area (Å²) >= 11 is 0. The van der Waals surface area contributed by atoms with Crippen LogP contribution in [0.5, 0.6) is 0 Å². The number of carbonyl (C=O) groups excluding carboxylic acids is 2. The molecule has 0 heterocycles. The SMILES string of the molecule is CC(=O)N(C)c1ccc2c(c1)CCCC2=O. The molecule has 1 aliphatic rings. The Hall–Kier alpha value is -1.64. The monoisotopic (exact) mass is 217 g/mol. The lowest BCUT2D eigenvalue weighted by atomic mass is 9.90. The van der Waals surface area contributed by atoms with Gasteiger partial charge in [-0.1, -0.05) is 0 Å². The highest BCUT2D eigenvalue weighted by atomic mass is 16.2. The zero-order valence-electron chi connectivity index (χ0n) is 9.62. The summed E-state index contributed by atoms with van der Waals surface area (Å²) in [6.07, 6.45) is 2.49. The fourth-order valence-electron chi connectivity index (χ4n) is 2.02. The van der Waals surface area contributed by atoms with E-state index in [0.717, 1.165) is 29.7 Å². The fraction of sp³-hybridized carbons (Fsp3) is 0.385. The first-order valence-corrected chi connectivity index (χ1v) is 5.50. The molecule has 0 saturated carbocycles. The number of rotatable bonds is 1. The minimum atomic E-state index is 0.00193. The first kappa shape index (κ1) is 10.9. The summed E-state index contributed by atoms with van der Waals surface area (Å²) in [5.74, 6) is 0.223. The molecule has 2 rings (SSSR count). The lowest BCUT2D eigenvalue weighted by Crippen LogP contribution is -2.23. The Kier molecular flexibility index (Phi) is 2.77. The maximum Gasteiger partial charge on any atom is 0.223 e. The highest BCUT2D eigenvalue weighted by Crippen LogP contribution is 2.25. The van der Waals surface area contributed by atoms with Gasteiger partial charge in [-0.25, -0.2) is 0 Å². The summed E-state index contributed by atoms with van der Waals surface area (Å²) in [7, 11) is 1.74. The molecule has 0 radical (unpaired) electrons. The molecule has 3 heteroatoms. The van der Waals surface area contributed by atoms with Gasteiger partial charge in [-0.05, 0) is 36.6 Å².